The maximum absolute atomic E-state index is 14.9. The highest BCUT2D eigenvalue weighted by Gasteiger charge is 2.26. The SMILES string of the molecule is Cn1ccc(C(=O)N[C@@H]2CCC[C@@H](Nc3nc(-c4c[nH]c5c(F)cc(F)cc45)c(C#N)cc3F)C2)n1. The van der Waals surface area contributed by atoms with Gasteiger partial charge in [0, 0.05) is 48.5 Å². The van der Waals surface area contributed by atoms with Crippen molar-refractivity contribution in [3.05, 3.63) is 65.4 Å². The van der Waals surface area contributed by atoms with Crippen molar-refractivity contribution in [3.8, 4) is 17.3 Å². The van der Waals surface area contributed by atoms with Gasteiger partial charge in [0.05, 0.1) is 16.8 Å². The number of aromatic amines is 1. The number of pyridine rings is 1. The van der Waals surface area contributed by atoms with Gasteiger partial charge in [-0.1, -0.05) is 0 Å². The van der Waals surface area contributed by atoms with Crippen molar-refractivity contribution in [3.63, 3.8) is 0 Å². The van der Waals surface area contributed by atoms with Gasteiger partial charge in [-0.15, -0.1) is 0 Å². The Balaban J connectivity index is 1.39. The number of nitrogens with zero attached hydrogens (tertiary/aromatic N) is 4. The molecule has 8 nitrogen and oxygen atoms in total. The van der Waals surface area contributed by atoms with E-state index in [1.807, 2.05) is 6.07 Å². The molecular weight excluding hydrogens is 471 g/mol. The van der Waals surface area contributed by atoms with E-state index in [1.165, 1.54) is 6.20 Å². The van der Waals surface area contributed by atoms with E-state index >= 15 is 0 Å². The summed E-state index contributed by atoms with van der Waals surface area (Å²) in [6.07, 6.45) is 5.96. The molecule has 1 fully saturated rings. The van der Waals surface area contributed by atoms with Crippen LogP contribution in [0.4, 0.5) is 19.0 Å². The fraction of sp³-hybridized carbons (Fsp3) is 0.280. The van der Waals surface area contributed by atoms with E-state index in [0.29, 0.717) is 12.1 Å². The summed E-state index contributed by atoms with van der Waals surface area (Å²) in [7, 11) is 1.73. The molecule has 0 spiro atoms. The zero-order chi connectivity index (χ0) is 25.4. The van der Waals surface area contributed by atoms with Crippen LogP contribution in [0.15, 0.2) is 36.7 Å². The summed E-state index contributed by atoms with van der Waals surface area (Å²) in [5.74, 6) is -2.62. The molecule has 0 unspecified atom stereocenters. The standard InChI is InChI=1S/C25H22F3N7O/c1-35-6-5-21(34-35)25(36)32-16-4-2-3-15(10-16)31-24-20(28)7-13(11-29)22(33-24)18-12-30-23-17(18)8-14(26)9-19(23)27/h5-9,12,15-16,30H,2-4,10H2,1H3,(H,31,33)(H,32,36)/t15-,16-/m1/s1. The molecule has 0 bridgehead atoms. The molecule has 11 heteroatoms. The Morgan fingerprint density at radius 1 is 1.19 bits per heavy atom. The first-order valence-electron chi connectivity index (χ1n) is 11.5. The molecule has 5 rings (SSSR count). The summed E-state index contributed by atoms with van der Waals surface area (Å²) < 4.78 is 44.5. The number of aromatic nitrogens is 4. The molecule has 3 aromatic heterocycles. The Morgan fingerprint density at radius 3 is 2.75 bits per heavy atom. The van der Waals surface area contributed by atoms with Gasteiger partial charge in [-0.2, -0.15) is 10.4 Å². The summed E-state index contributed by atoms with van der Waals surface area (Å²) in [6.45, 7) is 0. The second-order valence-electron chi connectivity index (χ2n) is 8.89. The average molecular weight is 493 g/mol. The average Bonchev–Trinajstić information content (AvgIpc) is 3.47. The second kappa shape index (κ2) is 9.37. The minimum atomic E-state index is -0.781. The third kappa shape index (κ3) is 4.49. The number of carbonyl (C=O) groups excluding carboxylic acids is 1. The Kier molecular flexibility index (Phi) is 6.10. The van der Waals surface area contributed by atoms with E-state index in [-0.39, 0.29) is 51.5 Å². The number of nitrogens with one attached hydrogen (secondary N) is 3. The zero-order valence-electron chi connectivity index (χ0n) is 19.3. The number of anilines is 1. The minimum Gasteiger partial charge on any atom is -0.365 e. The first-order valence-corrected chi connectivity index (χ1v) is 11.5. The first kappa shape index (κ1) is 23.4. The summed E-state index contributed by atoms with van der Waals surface area (Å²) >= 11 is 0. The van der Waals surface area contributed by atoms with E-state index in [1.54, 1.807) is 24.0 Å². The topological polar surface area (TPSA) is 111 Å². The van der Waals surface area contributed by atoms with Gasteiger partial charge >= 0.3 is 0 Å². The van der Waals surface area contributed by atoms with Gasteiger partial charge in [-0.25, -0.2) is 18.2 Å². The van der Waals surface area contributed by atoms with Gasteiger partial charge in [0.15, 0.2) is 11.6 Å². The zero-order valence-corrected chi connectivity index (χ0v) is 19.3. The van der Waals surface area contributed by atoms with Gasteiger partial charge < -0.3 is 15.6 Å². The van der Waals surface area contributed by atoms with E-state index in [9.17, 15) is 23.2 Å². The number of H-pyrrole nitrogens is 1. The van der Waals surface area contributed by atoms with E-state index < -0.39 is 17.5 Å². The largest absolute Gasteiger partial charge is 0.365 e. The monoisotopic (exact) mass is 493 g/mol. The molecule has 2 atom stereocenters. The van der Waals surface area contributed by atoms with Gasteiger partial charge in [-0.05, 0) is 43.9 Å². The van der Waals surface area contributed by atoms with Crippen LogP contribution in [-0.4, -0.2) is 37.7 Å². The van der Waals surface area contributed by atoms with Crippen LogP contribution < -0.4 is 10.6 Å². The second-order valence-corrected chi connectivity index (χ2v) is 8.89. The molecular formula is C25H22F3N7O. The molecule has 0 aliphatic heterocycles. The number of fused-ring (bicyclic) bond motifs is 1. The van der Waals surface area contributed by atoms with Crippen LogP contribution in [0.25, 0.3) is 22.2 Å². The molecule has 1 amide bonds. The maximum Gasteiger partial charge on any atom is 0.271 e. The molecule has 3 N–H and O–H groups in total. The number of hydrogen-bond donors (Lipinski definition) is 3. The summed E-state index contributed by atoms with van der Waals surface area (Å²) in [6, 6.07) is 6.17. The molecule has 1 saturated carbocycles. The lowest BCUT2D eigenvalue weighted by Gasteiger charge is -2.30. The van der Waals surface area contributed by atoms with E-state index in [2.05, 4.69) is 25.7 Å². The Morgan fingerprint density at radius 2 is 2.00 bits per heavy atom. The lowest BCUT2D eigenvalue weighted by atomic mass is 9.90. The summed E-state index contributed by atoms with van der Waals surface area (Å²) in [5, 5.41) is 19.9. The molecule has 1 aliphatic rings. The highest BCUT2D eigenvalue weighted by Crippen LogP contribution is 2.34. The van der Waals surface area contributed by atoms with Crippen LogP contribution in [0.2, 0.25) is 0 Å². The third-order valence-corrected chi connectivity index (χ3v) is 6.35. The highest BCUT2D eigenvalue weighted by molar-refractivity contribution is 5.96. The van der Waals surface area contributed by atoms with Crippen LogP contribution in [0.1, 0.15) is 41.7 Å². The molecule has 0 radical (unpaired) electrons. The van der Waals surface area contributed by atoms with Crippen molar-refractivity contribution in [2.75, 3.05) is 5.32 Å². The number of aryl methyl sites for hydroxylation is 1. The molecule has 3 heterocycles. The number of rotatable bonds is 5. The van der Waals surface area contributed by atoms with Crippen molar-refractivity contribution >= 4 is 22.6 Å². The van der Waals surface area contributed by atoms with Gasteiger partial charge in [0.2, 0.25) is 0 Å². The fourth-order valence-electron chi connectivity index (χ4n) is 4.67. The lowest BCUT2D eigenvalue weighted by molar-refractivity contribution is 0.0920. The number of nitriles is 1. The number of hydrogen-bond acceptors (Lipinski definition) is 5. The molecule has 1 aromatic carbocycles. The van der Waals surface area contributed by atoms with Crippen LogP contribution in [0.3, 0.4) is 0 Å². The van der Waals surface area contributed by atoms with Crippen LogP contribution >= 0.6 is 0 Å². The first-order chi connectivity index (χ1) is 17.3. The molecule has 4 aromatic rings. The predicted molar refractivity (Wildman–Crippen MR) is 126 cm³/mol. The van der Waals surface area contributed by atoms with Crippen LogP contribution in [0, 0.1) is 28.8 Å². The quantitative estimate of drug-likeness (QED) is 0.382. The molecule has 1 aliphatic carbocycles. The molecule has 0 saturated heterocycles. The number of halogens is 3. The maximum atomic E-state index is 14.9. The van der Waals surface area contributed by atoms with Crippen molar-refractivity contribution < 1.29 is 18.0 Å². The highest BCUT2D eigenvalue weighted by atomic mass is 19.1. The van der Waals surface area contributed by atoms with Gasteiger partial charge in [0.25, 0.3) is 5.91 Å². The van der Waals surface area contributed by atoms with Crippen molar-refractivity contribution in [1.82, 2.24) is 25.1 Å². The number of amides is 1. The fourth-order valence-corrected chi connectivity index (χ4v) is 4.67. The number of carbonyl (C=O) groups is 1. The Labute approximate surface area is 204 Å². The van der Waals surface area contributed by atoms with Crippen molar-refractivity contribution in [2.24, 2.45) is 7.05 Å². The van der Waals surface area contributed by atoms with Crippen LogP contribution in [-0.2, 0) is 7.05 Å². The lowest BCUT2D eigenvalue weighted by Crippen LogP contribution is -2.42. The van der Waals surface area contributed by atoms with Crippen molar-refractivity contribution in [1.29, 1.82) is 5.26 Å². The van der Waals surface area contributed by atoms with Crippen LogP contribution in [0.5, 0.6) is 0 Å². The predicted octanol–water partition coefficient (Wildman–Crippen LogP) is 4.41. The minimum absolute atomic E-state index is 0.0623. The normalized spacial score (nSPS) is 17.6. The molecule has 184 valence electrons. The summed E-state index contributed by atoms with van der Waals surface area (Å²) in [5.41, 5.74) is 0.715. The van der Waals surface area contributed by atoms with E-state index in [4.69, 9.17) is 0 Å². The van der Waals surface area contributed by atoms with Gasteiger partial charge in [0.1, 0.15) is 23.4 Å². The smallest absolute Gasteiger partial charge is 0.271 e. The van der Waals surface area contributed by atoms with Crippen molar-refractivity contribution in [2.45, 2.75) is 37.8 Å². The Bertz CT molecular complexity index is 1500. The molecule has 36 heavy (non-hydrogen) atoms. The Hall–Kier alpha value is -4.33. The number of benzene rings is 1. The summed E-state index contributed by atoms with van der Waals surface area (Å²) in [4.78, 5) is 19.6. The van der Waals surface area contributed by atoms with E-state index in [0.717, 1.165) is 37.5 Å². The third-order valence-electron chi connectivity index (χ3n) is 6.35. The van der Waals surface area contributed by atoms with Gasteiger partial charge in [-0.3, -0.25) is 9.48 Å².